The van der Waals surface area contributed by atoms with Crippen molar-refractivity contribution in [3.8, 4) is 0 Å². The lowest BCUT2D eigenvalue weighted by molar-refractivity contribution is 0.199. The number of aliphatic hydroxyl groups is 1. The summed E-state index contributed by atoms with van der Waals surface area (Å²) in [5.74, 6) is 0.828. The fourth-order valence-electron chi connectivity index (χ4n) is 1.66. The zero-order valence-electron chi connectivity index (χ0n) is 10.0. The van der Waals surface area contributed by atoms with E-state index in [1.807, 2.05) is 54.4 Å². The number of anilines is 2. The predicted molar refractivity (Wildman–Crippen MR) is 69.4 cm³/mol. The van der Waals surface area contributed by atoms with E-state index >= 15 is 0 Å². The average Bonchev–Trinajstić information content (AvgIpc) is 2.39. The Morgan fingerprint density at radius 2 is 1.88 bits per heavy atom. The van der Waals surface area contributed by atoms with Gasteiger partial charge >= 0.3 is 0 Å². The van der Waals surface area contributed by atoms with Crippen LogP contribution in [0, 0.1) is 0 Å². The van der Waals surface area contributed by atoms with Crippen molar-refractivity contribution in [1.82, 2.24) is 4.98 Å². The highest BCUT2D eigenvalue weighted by Crippen LogP contribution is 2.23. The Hall–Kier alpha value is -1.87. The van der Waals surface area contributed by atoms with Gasteiger partial charge in [0.1, 0.15) is 5.82 Å². The second kappa shape index (κ2) is 4.97. The van der Waals surface area contributed by atoms with Crippen molar-refractivity contribution in [2.24, 2.45) is 0 Å². The van der Waals surface area contributed by atoms with Crippen LogP contribution in [0.25, 0.3) is 0 Å². The highest BCUT2D eigenvalue weighted by atomic mass is 16.3. The Morgan fingerprint density at radius 3 is 2.53 bits per heavy atom. The van der Waals surface area contributed by atoms with Crippen molar-refractivity contribution in [2.45, 2.75) is 13.0 Å². The smallest absolute Gasteiger partial charge is 0.133 e. The number of aliphatic hydroxyl groups excluding tert-OH is 1. The van der Waals surface area contributed by atoms with E-state index in [2.05, 4.69) is 4.98 Å². The fourth-order valence-corrected chi connectivity index (χ4v) is 1.66. The van der Waals surface area contributed by atoms with Crippen LogP contribution in [0.2, 0.25) is 0 Å². The van der Waals surface area contributed by atoms with Gasteiger partial charge < -0.3 is 10.0 Å². The Labute approximate surface area is 101 Å². The molecule has 2 rings (SSSR count). The minimum absolute atomic E-state index is 0.471. The molecule has 0 unspecified atom stereocenters. The molecule has 0 aliphatic heterocycles. The van der Waals surface area contributed by atoms with Gasteiger partial charge in [-0.15, -0.1) is 0 Å². The summed E-state index contributed by atoms with van der Waals surface area (Å²) >= 11 is 0. The maximum absolute atomic E-state index is 9.55. The SMILES string of the molecule is C[C@H](O)c1ccnc(N(C)c2ccccc2)c1. The van der Waals surface area contributed by atoms with Crippen LogP contribution in [0.3, 0.4) is 0 Å². The Balaban J connectivity index is 2.31. The number of pyridine rings is 1. The molecule has 0 fully saturated rings. The molecule has 0 spiro atoms. The molecule has 0 aliphatic rings. The van der Waals surface area contributed by atoms with Crippen molar-refractivity contribution in [2.75, 3.05) is 11.9 Å². The third-order valence-corrected chi connectivity index (χ3v) is 2.74. The molecule has 1 heterocycles. The third kappa shape index (κ3) is 2.63. The summed E-state index contributed by atoms with van der Waals surface area (Å²) in [6.45, 7) is 1.75. The highest BCUT2D eigenvalue weighted by molar-refractivity contribution is 5.59. The van der Waals surface area contributed by atoms with Gasteiger partial charge in [-0.2, -0.15) is 0 Å². The average molecular weight is 228 g/mol. The van der Waals surface area contributed by atoms with E-state index in [-0.39, 0.29) is 0 Å². The predicted octanol–water partition coefficient (Wildman–Crippen LogP) is 2.90. The molecular formula is C14H16N2O. The first-order valence-corrected chi connectivity index (χ1v) is 5.61. The number of para-hydroxylation sites is 1. The number of hydrogen-bond acceptors (Lipinski definition) is 3. The number of aromatic nitrogens is 1. The van der Waals surface area contributed by atoms with E-state index in [1.165, 1.54) is 0 Å². The van der Waals surface area contributed by atoms with Crippen LogP contribution >= 0.6 is 0 Å². The van der Waals surface area contributed by atoms with Crippen LogP contribution in [-0.2, 0) is 0 Å². The molecule has 0 radical (unpaired) electrons. The summed E-state index contributed by atoms with van der Waals surface area (Å²) in [5.41, 5.74) is 1.94. The van der Waals surface area contributed by atoms with E-state index < -0.39 is 6.10 Å². The van der Waals surface area contributed by atoms with Gasteiger partial charge in [0.05, 0.1) is 6.10 Å². The second-order valence-corrected chi connectivity index (χ2v) is 4.02. The third-order valence-electron chi connectivity index (χ3n) is 2.74. The summed E-state index contributed by atoms with van der Waals surface area (Å²) < 4.78 is 0. The first kappa shape index (κ1) is 11.6. The van der Waals surface area contributed by atoms with Gasteiger partial charge in [-0.25, -0.2) is 4.98 Å². The number of benzene rings is 1. The van der Waals surface area contributed by atoms with Crippen LogP contribution in [0.4, 0.5) is 11.5 Å². The maximum atomic E-state index is 9.55. The van der Waals surface area contributed by atoms with Gasteiger partial charge in [0, 0.05) is 18.9 Å². The van der Waals surface area contributed by atoms with Crippen LogP contribution in [0.1, 0.15) is 18.6 Å². The van der Waals surface area contributed by atoms with Crippen molar-refractivity contribution in [3.63, 3.8) is 0 Å². The minimum atomic E-state index is -0.471. The molecule has 3 nitrogen and oxygen atoms in total. The fraction of sp³-hybridized carbons (Fsp3) is 0.214. The Kier molecular flexibility index (Phi) is 3.40. The van der Waals surface area contributed by atoms with Crippen molar-refractivity contribution < 1.29 is 5.11 Å². The second-order valence-electron chi connectivity index (χ2n) is 4.02. The molecule has 1 aromatic carbocycles. The maximum Gasteiger partial charge on any atom is 0.133 e. The summed E-state index contributed by atoms with van der Waals surface area (Å²) in [5, 5.41) is 9.55. The molecule has 1 atom stereocenters. The topological polar surface area (TPSA) is 36.4 Å². The van der Waals surface area contributed by atoms with E-state index in [0.717, 1.165) is 17.1 Å². The lowest BCUT2D eigenvalue weighted by Crippen LogP contribution is -2.11. The molecular weight excluding hydrogens is 212 g/mol. The van der Waals surface area contributed by atoms with Gasteiger partial charge in [-0.3, -0.25) is 0 Å². The summed E-state index contributed by atoms with van der Waals surface area (Å²) in [4.78, 5) is 6.30. The van der Waals surface area contributed by atoms with Crippen LogP contribution in [-0.4, -0.2) is 17.1 Å². The molecule has 88 valence electrons. The van der Waals surface area contributed by atoms with E-state index in [9.17, 15) is 5.11 Å². The molecule has 3 heteroatoms. The molecule has 0 bridgehead atoms. The first-order valence-electron chi connectivity index (χ1n) is 5.61. The highest BCUT2D eigenvalue weighted by Gasteiger charge is 2.07. The standard InChI is InChI=1S/C14H16N2O/c1-11(17)12-8-9-15-14(10-12)16(2)13-6-4-3-5-7-13/h3-11,17H,1-2H3/t11-/m0/s1. The Bertz CT molecular complexity index is 483. The molecule has 0 saturated carbocycles. The van der Waals surface area contributed by atoms with E-state index in [4.69, 9.17) is 0 Å². The molecule has 2 aromatic rings. The van der Waals surface area contributed by atoms with Crippen molar-refractivity contribution in [3.05, 3.63) is 54.2 Å². The normalized spacial score (nSPS) is 12.2. The van der Waals surface area contributed by atoms with Crippen molar-refractivity contribution >= 4 is 11.5 Å². The summed E-state index contributed by atoms with van der Waals surface area (Å²) in [6.07, 6.45) is 1.25. The number of nitrogens with zero attached hydrogens (tertiary/aromatic N) is 2. The first-order chi connectivity index (χ1) is 8.18. The van der Waals surface area contributed by atoms with Crippen LogP contribution in [0.15, 0.2) is 48.7 Å². The number of rotatable bonds is 3. The lowest BCUT2D eigenvalue weighted by atomic mass is 10.1. The van der Waals surface area contributed by atoms with Crippen molar-refractivity contribution in [1.29, 1.82) is 0 Å². The quantitative estimate of drug-likeness (QED) is 0.877. The van der Waals surface area contributed by atoms with Gasteiger partial charge in [0.25, 0.3) is 0 Å². The zero-order chi connectivity index (χ0) is 12.3. The van der Waals surface area contributed by atoms with Gasteiger partial charge in [-0.05, 0) is 36.8 Å². The van der Waals surface area contributed by atoms with Crippen LogP contribution < -0.4 is 4.90 Å². The largest absolute Gasteiger partial charge is 0.389 e. The van der Waals surface area contributed by atoms with Gasteiger partial charge in [-0.1, -0.05) is 18.2 Å². The minimum Gasteiger partial charge on any atom is -0.389 e. The van der Waals surface area contributed by atoms with Crippen LogP contribution in [0.5, 0.6) is 0 Å². The molecule has 0 amide bonds. The molecule has 1 aromatic heterocycles. The lowest BCUT2D eigenvalue weighted by Gasteiger charge is -2.19. The summed E-state index contributed by atoms with van der Waals surface area (Å²) in [6, 6.07) is 13.7. The van der Waals surface area contributed by atoms with E-state index in [0.29, 0.717) is 0 Å². The molecule has 0 aliphatic carbocycles. The molecule has 0 saturated heterocycles. The van der Waals surface area contributed by atoms with Gasteiger partial charge in [0.2, 0.25) is 0 Å². The molecule has 17 heavy (non-hydrogen) atoms. The molecule has 1 N–H and O–H groups in total. The Morgan fingerprint density at radius 1 is 1.18 bits per heavy atom. The van der Waals surface area contributed by atoms with E-state index in [1.54, 1.807) is 13.1 Å². The zero-order valence-corrected chi connectivity index (χ0v) is 10.0. The van der Waals surface area contributed by atoms with Gasteiger partial charge in [0.15, 0.2) is 0 Å². The number of hydrogen-bond donors (Lipinski definition) is 1. The summed E-state index contributed by atoms with van der Waals surface area (Å²) in [7, 11) is 1.96. The monoisotopic (exact) mass is 228 g/mol.